The predicted octanol–water partition coefficient (Wildman–Crippen LogP) is 2.28. The molecule has 146 valence electrons. The molecular formula is C19H22BrNO6. The van der Waals surface area contributed by atoms with E-state index in [1.54, 1.807) is 0 Å². The Morgan fingerprint density at radius 1 is 0.889 bits per heavy atom. The van der Waals surface area contributed by atoms with Crippen LogP contribution in [-0.2, 0) is 28.5 Å². The first-order valence-corrected chi connectivity index (χ1v) is 8.90. The Kier molecular flexibility index (Phi) is 7.58. The Bertz CT molecular complexity index is 727. The van der Waals surface area contributed by atoms with E-state index in [0.29, 0.717) is 22.5 Å². The summed E-state index contributed by atoms with van der Waals surface area (Å²) in [6, 6.07) is 7.35. The van der Waals surface area contributed by atoms with Crippen LogP contribution in [0.5, 0.6) is 0 Å². The van der Waals surface area contributed by atoms with Crippen molar-refractivity contribution in [2.45, 2.75) is 5.92 Å². The summed E-state index contributed by atoms with van der Waals surface area (Å²) in [6.45, 7) is 0.276. The summed E-state index contributed by atoms with van der Waals surface area (Å²) >= 11 is 3.40. The molecule has 0 bridgehead atoms. The molecule has 1 aliphatic rings. The molecule has 27 heavy (non-hydrogen) atoms. The summed E-state index contributed by atoms with van der Waals surface area (Å²) in [4.78, 5) is 25.3. The maximum atomic E-state index is 12.6. The summed E-state index contributed by atoms with van der Waals surface area (Å²) in [5, 5.41) is 3.10. The zero-order chi connectivity index (χ0) is 20.0. The highest BCUT2D eigenvalue weighted by Gasteiger charge is 2.39. The van der Waals surface area contributed by atoms with E-state index in [0.717, 1.165) is 10.0 Å². The molecule has 0 amide bonds. The number of nitrogens with one attached hydrogen (secondary N) is 1. The summed E-state index contributed by atoms with van der Waals surface area (Å²) in [7, 11) is 5.64. The third-order valence-electron chi connectivity index (χ3n) is 4.12. The smallest absolute Gasteiger partial charge is 0.336 e. The van der Waals surface area contributed by atoms with Crippen molar-refractivity contribution in [1.29, 1.82) is 0 Å². The molecule has 1 N–H and O–H groups in total. The molecule has 0 saturated heterocycles. The zero-order valence-electron chi connectivity index (χ0n) is 15.6. The first-order valence-electron chi connectivity index (χ1n) is 8.11. The predicted molar refractivity (Wildman–Crippen MR) is 102 cm³/mol. The summed E-state index contributed by atoms with van der Waals surface area (Å²) < 4.78 is 21.3. The van der Waals surface area contributed by atoms with Crippen LogP contribution in [0.4, 0.5) is 0 Å². The molecule has 0 spiro atoms. The maximum Gasteiger partial charge on any atom is 0.336 e. The van der Waals surface area contributed by atoms with E-state index in [4.69, 9.17) is 18.9 Å². The molecule has 0 fully saturated rings. The number of carbonyl (C=O) groups excluding carboxylic acids is 2. The van der Waals surface area contributed by atoms with Gasteiger partial charge in [0.15, 0.2) is 0 Å². The van der Waals surface area contributed by atoms with Crippen molar-refractivity contribution in [3.05, 3.63) is 56.8 Å². The Balaban J connectivity index is 2.75. The number of carbonyl (C=O) groups is 2. The number of halogens is 1. The van der Waals surface area contributed by atoms with Crippen LogP contribution >= 0.6 is 15.9 Å². The minimum atomic E-state index is -0.686. The number of benzene rings is 1. The van der Waals surface area contributed by atoms with E-state index in [9.17, 15) is 9.59 Å². The molecule has 0 unspecified atom stereocenters. The molecule has 1 aromatic rings. The van der Waals surface area contributed by atoms with Gasteiger partial charge in [0.2, 0.25) is 0 Å². The van der Waals surface area contributed by atoms with Gasteiger partial charge < -0.3 is 24.3 Å². The largest absolute Gasteiger partial charge is 0.466 e. The van der Waals surface area contributed by atoms with Crippen LogP contribution < -0.4 is 5.32 Å². The second kappa shape index (κ2) is 9.68. The molecule has 0 atom stereocenters. The normalized spacial score (nSPS) is 14.9. The second-order valence-electron chi connectivity index (χ2n) is 5.74. The van der Waals surface area contributed by atoms with Crippen molar-refractivity contribution in [2.75, 3.05) is 41.7 Å². The van der Waals surface area contributed by atoms with Gasteiger partial charge in [0.25, 0.3) is 0 Å². The van der Waals surface area contributed by atoms with Crippen molar-refractivity contribution in [3.63, 3.8) is 0 Å². The van der Waals surface area contributed by atoms with Crippen molar-refractivity contribution in [3.8, 4) is 0 Å². The second-order valence-corrected chi connectivity index (χ2v) is 6.66. The van der Waals surface area contributed by atoms with E-state index in [-0.39, 0.29) is 13.2 Å². The molecule has 1 heterocycles. The van der Waals surface area contributed by atoms with Crippen LogP contribution in [0.15, 0.2) is 51.3 Å². The molecule has 0 aromatic heterocycles. The molecule has 0 radical (unpaired) electrons. The number of rotatable bonds is 7. The highest BCUT2D eigenvalue weighted by Crippen LogP contribution is 2.39. The summed E-state index contributed by atoms with van der Waals surface area (Å²) in [5.74, 6) is -1.80. The fourth-order valence-electron chi connectivity index (χ4n) is 3.02. The van der Waals surface area contributed by atoms with E-state index >= 15 is 0 Å². The van der Waals surface area contributed by atoms with Gasteiger partial charge in [-0.1, -0.05) is 28.1 Å². The van der Waals surface area contributed by atoms with Gasteiger partial charge in [0.1, 0.15) is 0 Å². The van der Waals surface area contributed by atoms with Crippen molar-refractivity contribution in [1.82, 2.24) is 5.32 Å². The van der Waals surface area contributed by atoms with Gasteiger partial charge in [0.05, 0.1) is 55.9 Å². The van der Waals surface area contributed by atoms with Crippen LogP contribution in [0.3, 0.4) is 0 Å². The number of esters is 2. The van der Waals surface area contributed by atoms with Crippen LogP contribution in [0.25, 0.3) is 0 Å². The lowest BCUT2D eigenvalue weighted by Crippen LogP contribution is -2.36. The molecule has 0 aliphatic carbocycles. The van der Waals surface area contributed by atoms with E-state index in [1.165, 1.54) is 28.4 Å². The van der Waals surface area contributed by atoms with Gasteiger partial charge in [-0.2, -0.15) is 0 Å². The lowest BCUT2D eigenvalue weighted by molar-refractivity contribution is -0.137. The van der Waals surface area contributed by atoms with Crippen LogP contribution in [0.1, 0.15) is 11.5 Å². The summed E-state index contributed by atoms with van der Waals surface area (Å²) in [5.41, 5.74) is 2.35. The van der Waals surface area contributed by atoms with Crippen molar-refractivity contribution < 1.29 is 28.5 Å². The molecular weight excluding hydrogens is 418 g/mol. The van der Waals surface area contributed by atoms with E-state index in [2.05, 4.69) is 21.2 Å². The van der Waals surface area contributed by atoms with E-state index < -0.39 is 17.9 Å². The van der Waals surface area contributed by atoms with E-state index in [1.807, 2.05) is 24.3 Å². The van der Waals surface area contributed by atoms with Crippen molar-refractivity contribution >= 4 is 27.9 Å². The SMILES string of the molecule is COCC1=C(C(=O)OC)C(c2ccc(Br)cc2)C(C(=O)OC)=C(COC)N1. The van der Waals surface area contributed by atoms with Crippen LogP contribution in [0, 0.1) is 0 Å². The van der Waals surface area contributed by atoms with Gasteiger partial charge >= 0.3 is 11.9 Å². The van der Waals surface area contributed by atoms with Gasteiger partial charge in [-0.25, -0.2) is 9.59 Å². The Morgan fingerprint density at radius 2 is 1.33 bits per heavy atom. The standard InChI is InChI=1S/C19H22BrNO6/c1-24-9-13-16(18(22)26-3)15(11-5-7-12(20)8-6-11)17(19(23)27-4)14(21-13)10-25-2/h5-8,15,21H,9-10H2,1-4H3. The number of hydrogen-bond donors (Lipinski definition) is 1. The minimum Gasteiger partial charge on any atom is -0.466 e. The van der Waals surface area contributed by atoms with Gasteiger partial charge in [0, 0.05) is 18.7 Å². The summed E-state index contributed by atoms with van der Waals surface area (Å²) in [6.07, 6.45) is 0. The molecule has 0 saturated carbocycles. The number of methoxy groups -OCH3 is 4. The lowest BCUT2D eigenvalue weighted by Gasteiger charge is -2.32. The lowest BCUT2D eigenvalue weighted by atomic mass is 9.80. The molecule has 1 aromatic carbocycles. The van der Waals surface area contributed by atoms with Gasteiger partial charge in [-0.15, -0.1) is 0 Å². The Labute approximate surface area is 166 Å². The quantitative estimate of drug-likeness (QED) is 0.652. The Hall–Kier alpha value is -2.16. The fourth-order valence-corrected chi connectivity index (χ4v) is 3.28. The number of ether oxygens (including phenoxy) is 4. The van der Waals surface area contributed by atoms with Crippen LogP contribution in [-0.4, -0.2) is 53.6 Å². The average molecular weight is 440 g/mol. The topological polar surface area (TPSA) is 83.1 Å². The third kappa shape index (κ3) is 4.58. The highest BCUT2D eigenvalue weighted by molar-refractivity contribution is 9.10. The van der Waals surface area contributed by atoms with Crippen molar-refractivity contribution in [2.24, 2.45) is 0 Å². The average Bonchev–Trinajstić information content (AvgIpc) is 2.67. The molecule has 8 heteroatoms. The molecule has 7 nitrogen and oxygen atoms in total. The molecule has 1 aliphatic heterocycles. The fraction of sp³-hybridized carbons (Fsp3) is 0.368. The first-order chi connectivity index (χ1) is 13.0. The van der Waals surface area contributed by atoms with Crippen LogP contribution in [0.2, 0.25) is 0 Å². The Morgan fingerprint density at radius 3 is 1.70 bits per heavy atom. The highest BCUT2D eigenvalue weighted by atomic mass is 79.9. The number of hydrogen-bond acceptors (Lipinski definition) is 7. The first kappa shape index (κ1) is 21.1. The number of dihydropyridines is 1. The third-order valence-corrected chi connectivity index (χ3v) is 4.65. The van der Waals surface area contributed by atoms with Gasteiger partial charge in [-0.05, 0) is 17.7 Å². The maximum absolute atomic E-state index is 12.6. The minimum absolute atomic E-state index is 0.138. The van der Waals surface area contributed by atoms with Gasteiger partial charge in [-0.3, -0.25) is 0 Å². The zero-order valence-corrected chi connectivity index (χ0v) is 17.2. The molecule has 2 rings (SSSR count). The monoisotopic (exact) mass is 439 g/mol.